The zero-order valence-electron chi connectivity index (χ0n) is 13.5. The maximum atomic E-state index is 12.6. The van der Waals surface area contributed by atoms with Gasteiger partial charge in [0.25, 0.3) is 0 Å². The first kappa shape index (κ1) is 17.8. The van der Waals surface area contributed by atoms with Gasteiger partial charge in [0, 0.05) is 18.1 Å². The zero-order valence-corrected chi connectivity index (χ0v) is 15.2. The van der Waals surface area contributed by atoms with Gasteiger partial charge in [-0.2, -0.15) is 0 Å². The molecule has 7 nitrogen and oxygen atoms in total. The van der Waals surface area contributed by atoms with Gasteiger partial charge in [0.1, 0.15) is 0 Å². The molecule has 134 valence electrons. The molecule has 0 spiro atoms. The minimum Gasteiger partial charge on any atom is -0.313 e. The van der Waals surface area contributed by atoms with Gasteiger partial charge in [0.2, 0.25) is 20.0 Å². The third kappa shape index (κ3) is 4.15. The van der Waals surface area contributed by atoms with Crippen molar-refractivity contribution in [3.63, 3.8) is 0 Å². The molecule has 0 radical (unpaired) electrons. The number of hydrogen-bond acceptors (Lipinski definition) is 5. The molecule has 1 aliphatic carbocycles. The fraction of sp³-hybridized carbons (Fsp3) is 0.600. The van der Waals surface area contributed by atoms with Crippen LogP contribution in [0.1, 0.15) is 32.6 Å². The predicted octanol–water partition coefficient (Wildman–Crippen LogP) is 0.546. The molecule has 1 saturated heterocycles. The van der Waals surface area contributed by atoms with E-state index in [2.05, 4.69) is 14.8 Å². The summed E-state index contributed by atoms with van der Waals surface area (Å²) >= 11 is 0. The molecular weight excluding hydrogens is 350 g/mol. The smallest absolute Gasteiger partial charge is 0.240 e. The van der Waals surface area contributed by atoms with E-state index in [4.69, 9.17) is 0 Å². The lowest BCUT2D eigenvalue weighted by Crippen LogP contribution is -2.51. The van der Waals surface area contributed by atoms with Crippen molar-refractivity contribution in [1.29, 1.82) is 0 Å². The quantitative estimate of drug-likeness (QED) is 0.675. The van der Waals surface area contributed by atoms with Gasteiger partial charge in [0.15, 0.2) is 0 Å². The van der Waals surface area contributed by atoms with Gasteiger partial charge >= 0.3 is 0 Å². The molecule has 1 aliphatic heterocycles. The third-order valence-corrected chi connectivity index (χ3v) is 7.40. The number of benzene rings is 1. The maximum absolute atomic E-state index is 12.6. The Kier molecular flexibility index (Phi) is 4.99. The van der Waals surface area contributed by atoms with Crippen LogP contribution in [-0.4, -0.2) is 41.5 Å². The molecule has 3 rings (SSSR count). The molecule has 2 aliphatic rings. The molecule has 3 N–H and O–H groups in total. The first-order valence-electron chi connectivity index (χ1n) is 8.16. The van der Waals surface area contributed by atoms with Gasteiger partial charge in [-0.25, -0.2) is 26.3 Å². The normalized spacial score (nSPS) is 25.5. The highest BCUT2D eigenvalue weighted by Gasteiger charge is 2.30. The largest absolute Gasteiger partial charge is 0.313 e. The van der Waals surface area contributed by atoms with Crippen LogP contribution in [0, 0.1) is 0 Å². The second-order valence-corrected chi connectivity index (χ2v) is 9.91. The molecule has 1 heterocycles. The fourth-order valence-corrected chi connectivity index (χ4v) is 5.59. The number of sulfonamides is 2. The van der Waals surface area contributed by atoms with Gasteiger partial charge in [-0.15, -0.1) is 0 Å². The molecular formula is C15H23N3O4S2. The molecule has 0 bridgehead atoms. The van der Waals surface area contributed by atoms with Crippen LogP contribution in [0.3, 0.4) is 0 Å². The number of nitrogens with one attached hydrogen (secondary N) is 3. The number of rotatable bonds is 6. The summed E-state index contributed by atoms with van der Waals surface area (Å²) in [4.78, 5) is -0.0500. The second-order valence-electron chi connectivity index (χ2n) is 6.48. The Morgan fingerprint density at radius 2 is 1.62 bits per heavy atom. The summed E-state index contributed by atoms with van der Waals surface area (Å²) in [6, 6.07) is 5.31. The van der Waals surface area contributed by atoms with Gasteiger partial charge in [-0.05, 0) is 57.4 Å². The Morgan fingerprint density at radius 1 is 1.00 bits per heavy atom. The Hall–Kier alpha value is -1.00. The molecule has 2 unspecified atom stereocenters. The Bertz CT molecular complexity index is 804. The van der Waals surface area contributed by atoms with Crippen LogP contribution in [0.25, 0.3) is 0 Å². The first-order chi connectivity index (χ1) is 11.3. The van der Waals surface area contributed by atoms with E-state index < -0.39 is 20.0 Å². The summed E-state index contributed by atoms with van der Waals surface area (Å²) in [5.74, 6) is 0. The third-order valence-electron chi connectivity index (χ3n) is 4.39. The summed E-state index contributed by atoms with van der Waals surface area (Å²) < 4.78 is 55.0. The van der Waals surface area contributed by atoms with Crippen LogP contribution in [0.15, 0.2) is 34.1 Å². The molecule has 0 aromatic heterocycles. The minimum absolute atomic E-state index is 0.0212. The molecule has 0 amide bonds. The Morgan fingerprint density at radius 3 is 2.21 bits per heavy atom. The molecule has 2 fully saturated rings. The van der Waals surface area contributed by atoms with Crippen LogP contribution in [0.5, 0.6) is 0 Å². The van der Waals surface area contributed by atoms with Crippen molar-refractivity contribution in [3.8, 4) is 0 Å². The first-order valence-corrected chi connectivity index (χ1v) is 11.1. The summed E-state index contributed by atoms with van der Waals surface area (Å²) in [6.45, 7) is 2.81. The van der Waals surface area contributed by atoms with Crippen LogP contribution >= 0.6 is 0 Å². The number of hydrogen-bond donors (Lipinski definition) is 3. The van der Waals surface area contributed by atoms with Gasteiger partial charge in [-0.1, -0.05) is 6.07 Å². The summed E-state index contributed by atoms with van der Waals surface area (Å²) in [7, 11) is -7.45. The topological polar surface area (TPSA) is 104 Å². The monoisotopic (exact) mass is 373 g/mol. The van der Waals surface area contributed by atoms with Gasteiger partial charge in [-0.3, -0.25) is 0 Å². The molecule has 1 aromatic rings. The van der Waals surface area contributed by atoms with Gasteiger partial charge in [0.05, 0.1) is 9.79 Å². The van der Waals surface area contributed by atoms with Crippen molar-refractivity contribution in [1.82, 2.24) is 14.8 Å². The lowest BCUT2D eigenvalue weighted by atomic mass is 10.0. The summed E-state index contributed by atoms with van der Waals surface area (Å²) in [5, 5.41) is 3.24. The standard InChI is InChI=1S/C15H23N3O4S2/c1-11-15(6-3-9-16-11)18-24(21,22)14-5-2-4-13(10-14)23(19,20)17-12-7-8-12/h2,4-5,10-12,15-18H,3,6-9H2,1H3. The Labute approximate surface area is 143 Å². The van der Waals surface area contributed by atoms with Crippen molar-refractivity contribution in [3.05, 3.63) is 24.3 Å². The Balaban J connectivity index is 1.81. The fourth-order valence-electron chi connectivity index (χ4n) is 2.77. The maximum Gasteiger partial charge on any atom is 0.240 e. The van der Waals surface area contributed by atoms with E-state index in [1.807, 2.05) is 6.92 Å². The van der Waals surface area contributed by atoms with Crippen molar-refractivity contribution in [2.45, 2.75) is 60.5 Å². The minimum atomic E-state index is -3.77. The zero-order chi connectivity index (χ0) is 17.4. The molecule has 2 atom stereocenters. The van der Waals surface area contributed by atoms with Crippen molar-refractivity contribution in [2.75, 3.05) is 6.54 Å². The van der Waals surface area contributed by atoms with E-state index in [0.29, 0.717) is 0 Å². The van der Waals surface area contributed by atoms with Crippen LogP contribution in [0.4, 0.5) is 0 Å². The highest BCUT2D eigenvalue weighted by molar-refractivity contribution is 7.90. The molecule has 1 saturated carbocycles. The van der Waals surface area contributed by atoms with E-state index in [1.165, 1.54) is 24.3 Å². The van der Waals surface area contributed by atoms with Crippen molar-refractivity contribution in [2.24, 2.45) is 0 Å². The highest BCUT2D eigenvalue weighted by Crippen LogP contribution is 2.23. The summed E-state index contributed by atoms with van der Waals surface area (Å²) in [6.07, 6.45) is 3.31. The average molecular weight is 374 g/mol. The van der Waals surface area contributed by atoms with Crippen molar-refractivity contribution < 1.29 is 16.8 Å². The molecule has 9 heteroatoms. The highest BCUT2D eigenvalue weighted by atomic mass is 32.2. The second kappa shape index (κ2) is 6.72. The molecule has 1 aromatic carbocycles. The van der Waals surface area contributed by atoms with E-state index >= 15 is 0 Å². The lowest BCUT2D eigenvalue weighted by Gasteiger charge is -2.30. The number of piperidine rings is 1. The van der Waals surface area contributed by atoms with E-state index in [0.717, 1.165) is 32.2 Å². The average Bonchev–Trinajstić information content (AvgIpc) is 3.33. The van der Waals surface area contributed by atoms with Gasteiger partial charge < -0.3 is 5.32 Å². The van der Waals surface area contributed by atoms with Crippen molar-refractivity contribution >= 4 is 20.0 Å². The van der Waals surface area contributed by atoms with E-state index in [9.17, 15) is 16.8 Å². The lowest BCUT2D eigenvalue weighted by molar-refractivity contribution is 0.349. The van der Waals surface area contributed by atoms with Crippen LogP contribution < -0.4 is 14.8 Å². The van der Waals surface area contributed by atoms with Crippen LogP contribution in [0.2, 0.25) is 0 Å². The van der Waals surface area contributed by atoms with Crippen LogP contribution in [-0.2, 0) is 20.0 Å². The summed E-state index contributed by atoms with van der Waals surface area (Å²) in [5.41, 5.74) is 0. The predicted molar refractivity (Wildman–Crippen MR) is 90.6 cm³/mol. The van der Waals surface area contributed by atoms with E-state index in [-0.39, 0.29) is 27.9 Å². The van der Waals surface area contributed by atoms with E-state index in [1.54, 1.807) is 0 Å². The molecule has 24 heavy (non-hydrogen) atoms. The SMILES string of the molecule is CC1NCCCC1NS(=O)(=O)c1cccc(S(=O)(=O)NC2CC2)c1.